The molecule has 0 bridgehead atoms. The molecule has 0 radical (unpaired) electrons. The zero-order valence-corrected chi connectivity index (χ0v) is 19.2. The number of anilines is 1. The van der Waals surface area contributed by atoms with Crippen LogP contribution in [0, 0.1) is 11.7 Å². The van der Waals surface area contributed by atoms with E-state index in [4.69, 9.17) is 5.73 Å². The Hall–Kier alpha value is -2.96. The minimum atomic E-state index is -4.54. The first kappa shape index (κ1) is 25.7. The van der Waals surface area contributed by atoms with Crippen LogP contribution in [0.15, 0.2) is 35.6 Å². The first-order valence-corrected chi connectivity index (χ1v) is 10.8. The van der Waals surface area contributed by atoms with Gasteiger partial charge in [0.25, 0.3) is 5.91 Å². The number of rotatable bonds is 6. The van der Waals surface area contributed by atoms with Crippen LogP contribution in [0.5, 0.6) is 5.88 Å². The second kappa shape index (κ2) is 9.35. The summed E-state index contributed by atoms with van der Waals surface area (Å²) in [6.45, 7) is 2.84. The highest BCUT2D eigenvalue weighted by Gasteiger charge is 2.50. The Bertz CT molecular complexity index is 1100. The molecular weight excluding hydrogens is 481 g/mol. The van der Waals surface area contributed by atoms with Crippen molar-refractivity contribution in [1.29, 1.82) is 0 Å². The molecule has 2 aromatic rings. The van der Waals surface area contributed by atoms with Crippen LogP contribution in [0.4, 0.5) is 27.6 Å². The molecule has 0 saturated heterocycles. The van der Waals surface area contributed by atoms with Crippen LogP contribution < -0.4 is 15.8 Å². The maximum absolute atomic E-state index is 14.9. The van der Waals surface area contributed by atoms with Gasteiger partial charge in [-0.3, -0.25) is 9.79 Å². The Morgan fingerprint density at radius 1 is 1.26 bits per heavy atom. The maximum atomic E-state index is 14.9. The number of carbonyl (C=O) groups excluding carboxylic acids is 1. The maximum Gasteiger partial charge on any atom is 0.422 e. The number of nitrogens with one attached hydrogen (secondary N) is 1. The van der Waals surface area contributed by atoms with Gasteiger partial charge in [0.1, 0.15) is 18.2 Å². The zero-order valence-electron chi connectivity index (χ0n) is 18.4. The van der Waals surface area contributed by atoms with Gasteiger partial charge in [-0.25, -0.2) is 18.7 Å². The molecule has 2 heterocycles. The number of thioether (sulfide) groups is 1. The fourth-order valence-electron chi connectivity index (χ4n) is 3.56. The molecule has 1 amide bonds. The van der Waals surface area contributed by atoms with E-state index in [0.717, 1.165) is 30.2 Å². The van der Waals surface area contributed by atoms with E-state index < -0.39 is 53.3 Å². The number of benzene rings is 1. The predicted molar refractivity (Wildman–Crippen MR) is 118 cm³/mol. The van der Waals surface area contributed by atoms with E-state index in [0.29, 0.717) is 0 Å². The molecule has 0 aliphatic carbocycles. The van der Waals surface area contributed by atoms with Crippen LogP contribution in [-0.2, 0) is 5.54 Å². The lowest BCUT2D eigenvalue weighted by Gasteiger charge is -2.46. The minimum absolute atomic E-state index is 0.114. The summed E-state index contributed by atoms with van der Waals surface area (Å²) in [4.78, 5) is 24.3. The van der Waals surface area contributed by atoms with E-state index in [1.54, 1.807) is 20.8 Å². The summed E-state index contributed by atoms with van der Waals surface area (Å²) >= 11 is 1.09. The van der Waals surface area contributed by atoms with Gasteiger partial charge in [0.15, 0.2) is 11.8 Å². The number of aliphatic imine (C=N–C) groups is 1. The van der Waals surface area contributed by atoms with Gasteiger partial charge in [-0.15, -0.1) is 0 Å². The molecular formula is C21H22F5N5O2S. The molecule has 0 fully saturated rings. The lowest BCUT2D eigenvalue weighted by molar-refractivity contribution is -0.154. The Kier molecular flexibility index (Phi) is 7.06. The summed E-state index contributed by atoms with van der Waals surface area (Å²) in [5, 5.41) is 2.65. The van der Waals surface area contributed by atoms with Crippen LogP contribution in [0.3, 0.4) is 0 Å². The highest BCUT2D eigenvalue weighted by Crippen LogP contribution is 2.50. The summed E-state index contributed by atoms with van der Waals surface area (Å²) < 4.78 is 68.9. The largest absolute Gasteiger partial charge is 0.467 e. The molecule has 1 aromatic carbocycles. The average Bonchev–Trinajstić information content (AvgIpc) is 2.77. The molecule has 3 rings (SSSR count). The van der Waals surface area contributed by atoms with Crippen molar-refractivity contribution in [3.63, 3.8) is 0 Å². The SMILES string of the molecule is C[C@@H]1[C@@](C)(CF)SC(N)=N[C@]1(C)c1cc(NC(=O)c2cnc(OCC(F)(F)F)cn2)ccc1F. The molecule has 1 aliphatic rings. The van der Waals surface area contributed by atoms with E-state index >= 15 is 0 Å². The number of hydrogen-bond acceptors (Lipinski definition) is 7. The van der Waals surface area contributed by atoms with Gasteiger partial charge in [0.05, 0.1) is 22.7 Å². The normalized spacial score (nSPS) is 24.9. The van der Waals surface area contributed by atoms with Gasteiger partial charge in [-0.2, -0.15) is 13.2 Å². The number of ether oxygens (including phenoxy) is 1. The third kappa shape index (κ3) is 5.40. The highest BCUT2D eigenvalue weighted by atomic mass is 32.2. The van der Waals surface area contributed by atoms with Crippen LogP contribution >= 0.6 is 11.8 Å². The number of halogens is 5. The quantitative estimate of drug-likeness (QED) is 0.565. The van der Waals surface area contributed by atoms with Crippen molar-refractivity contribution >= 4 is 28.5 Å². The van der Waals surface area contributed by atoms with Crippen molar-refractivity contribution in [2.45, 2.75) is 37.2 Å². The van der Waals surface area contributed by atoms with E-state index in [1.165, 1.54) is 12.1 Å². The number of alkyl halides is 4. The predicted octanol–water partition coefficient (Wildman–Crippen LogP) is 4.45. The van der Waals surface area contributed by atoms with Gasteiger partial charge >= 0.3 is 6.18 Å². The number of hydrogen-bond donors (Lipinski definition) is 2. The molecule has 1 aromatic heterocycles. The molecule has 3 atom stereocenters. The van der Waals surface area contributed by atoms with Crippen molar-refractivity contribution in [2.75, 3.05) is 18.6 Å². The summed E-state index contributed by atoms with van der Waals surface area (Å²) in [6.07, 6.45) is -2.71. The number of nitrogens with zero attached hydrogens (tertiary/aromatic N) is 3. The second-order valence-corrected chi connectivity index (χ2v) is 9.72. The lowest BCUT2D eigenvalue weighted by Crippen LogP contribution is -2.49. The Labute approximate surface area is 196 Å². The number of aromatic nitrogens is 2. The van der Waals surface area contributed by atoms with Crippen LogP contribution in [0.2, 0.25) is 0 Å². The van der Waals surface area contributed by atoms with Crippen LogP contribution in [0.25, 0.3) is 0 Å². The molecule has 0 saturated carbocycles. The van der Waals surface area contributed by atoms with Crippen LogP contribution in [0.1, 0.15) is 36.8 Å². The Morgan fingerprint density at radius 2 is 1.97 bits per heavy atom. The molecule has 7 nitrogen and oxygen atoms in total. The van der Waals surface area contributed by atoms with E-state index in [-0.39, 0.29) is 22.1 Å². The summed E-state index contributed by atoms with van der Waals surface area (Å²) in [7, 11) is 0. The van der Waals surface area contributed by atoms with E-state index in [9.17, 15) is 26.7 Å². The average molecular weight is 503 g/mol. The topological polar surface area (TPSA) is 102 Å². The molecule has 184 valence electrons. The van der Waals surface area contributed by atoms with Gasteiger partial charge < -0.3 is 15.8 Å². The summed E-state index contributed by atoms with van der Waals surface area (Å²) in [6, 6.07) is 3.84. The first-order chi connectivity index (χ1) is 15.8. The molecule has 3 N–H and O–H groups in total. The van der Waals surface area contributed by atoms with Gasteiger partial charge in [-0.1, -0.05) is 18.7 Å². The standard InChI is InChI=1S/C21H22F5N5O2S/c1-11-19(2,9-22)34-18(27)31-20(11,3)13-6-12(4-5-14(13)23)30-17(32)15-7-29-16(8-28-15)33-10-21(24,25)26/h4-8,11H,9-10H2,1-3H3,(H2,27,31)(H,30,32)/t11-,19-,20+/m1/s1. The third-order valence-electron chi connectivity index (χ3n) is 5.72. The Morgan fingerprint density at radius 3 is 2.56 bits per heavy atom. The van der Waals surface area contributed by atoms with Crippen molar-refractivity contribution in [3.8, 4) is 5.88 Å². The molecule has 34 heavy (non-hydrogen) atoms. The van der Waals surface area contributed by atoms with Crippen molar-refractivity contribution in [1.82, 2.24) is 9.97 Å². The Balaban J connectivity index is 1.83. The monoisotopic (exact) mass is 503 g/mol. The molecule has 1 aliphatic heterocycles. The number of nitrogens with two attached hydrogens (primary N) is 1. The third-order valence-corrected chi connectivity index (χ3v) is 6.95. The summed E-state index contributed by atoms with van der Waals surface area (Å²) in [5.74, 6) is -2.20. The first-order valence-electron chi connectivity index (χ1n) is 10.0. The fourth-order valence-corrected chi connectivity index (χ4v) is 4.73. The van der Waals surface area contributed by atoms with Crippen molar-refractivity contribution in [3.05, 3.63) is 47.7 Å². The van der Waals surface area contributed by atoms with Gasteiger partial charge in [0.2, 0.25) is 5.88 Å². The van der Waals surface area contributed by atoms with Crippen molar-refractivity contribution < 1.29 is 31.5 Å². The van der Waals surface area contributed by atoms with Crippen LogP contribution in [-0.4, -0.2) is 45.2 Å². The van der Waals surface area contributed by atoms with Crippen molar-refractivity contribution in [2.24, 2.45) is 16.6 Å². The lowest BCUT2D eigenvalue weighted by atomic mass is 9.74. The fraction of sp³-hybridized carbons (Fsp3) is 0.429. The van der Waals surface area contributed by atoms with Gasteiger partial charge in [0, 0.05) is 17.2 Å². The summed E-state index contributed by atoms with van der Waals surface area (Å²) in [5.41, 5.74) is 4.83. The van der Waals surface area contributed by atoms with E-state index in [2.05, 4.69) is 25.0 Å². The zero-order chi connectivity index (χ0) is 25.3. The molecule has 13 heteroatoms. The molecule has 0 unspecified atom stereocenters. The van der Waals surface area contributed by atoms with E-state index in [1.807, 2.05) is 0 Å². The smallest absolute Gasteiger partial charge is 0.422 e. The molecule has 0 spiro atoms. The highest BCUT2D eigenvalue weighted by molar-refractivity contribution is 8.15. The number of amidine groups is 1. The number of carbonyl (C=O) groups is 1. The second-order valence-electron chi connectivity index (χ2n) is 8.16. The number of amides is 1. The minimum Gasteiger partial charge on any atom is -0.467 e. The van der Waals surface area contributed by atoms with Gasteiger partial charge in [-0.05, 0) is 32.0 Å².